The molecule has 0 aromatic heterocycles. The Morgan fingerprint density at radius 3 is 1.80 bits per heavy atom. The van der Waals surface area contributed by atoms with Gasteiger partial charge in [-0.1, -0.05) is 13.3 Å². The van der Waals surface area contributed by atoms with Crippen molar-refractivity contribution in [1.29, 1.82) is 0 Å². The fourth-order valence-electron chi connectivity index (χ4n) is 1.06. The third-order valence-corrected chi connectivity index (χ3v) is 3.99. The fraction of sp³-hybridized carbons (Fsp3) is 1.00. The van der Waals surface area contributed by atoms with E-state index in [1.165, 1.54) is 0 Å². The Labute approximate surface area is 88.6 Å². The van der Waals surface area contributed by atoms with E-state index < -0.39 is 37.3 Å². The number of rotatable bonds is 6. The van der Waals surface area contributed by atoms with Crippen molar-refractivity contribution >= 4 is 20.2 Å². The minimum atomic E-state index is -4.70. The van der Waals surface area contributed by atoms with Crippen LogP contribution in [0.2, 0.25) is 0 Å². The molecule has 7 nitrogen and oxygen atoms in total. The molecule has 0 heterocycles. The summed E-state index contributed by atoms with van der Waals surface area (Å²) in [5.74, 6) is 0. The van der Waals surface area contributed by atoms with Crippen LogP contribution in [0.15, 0.2) is 0 Å². The average Bonchev–Trinajstić information content (AvgIpc) is 1.99. The molecule has 0 saturated carbocycles. The monoisotopic (exact) mass is 262 g/mol. The second-order valence-electron chi connectivity index (χ2n) is 3.13. The fourth-order valence-corrected chi connectivity index (χ4v) is 2.61. The second-order valence-corrected chi connectivity index (χ2v) is 6.40. The van der Waals surface area contributed by atoms with Crippen LogP contribution in [0.25, 0.3) is 0 Å². The lowest BCUT2D eigenvalue weighted by atomic mass is 10.2. The van der Waals surface area contributed by atoms with Crippen LogP contribution < -0.4 is 0 Å². The predicted molar refractivity (Wildman–Crippen MR) is 52.4 cm³/mol. The molecule has 3 N–H and O–H groups in total. The van der Waals surface area contributed by atoms with Crippen LogP contribution in [0.3, 0.4) is 0 Å². The highest BCUT2D eigenvalue weighted by Crippen LogP contribution is 2.16. The average molecular weight is 262 g/mol. The molecule has 0 rings (SSSR count). The quantitative estimate of drug-likeness (QED) is 0.557. The van der Waals surface area contributed by atoms with Gasteiger partial charge in [0.05, 0.1) is 5.25 Å². The lowest BCUT2D eigenvalue weighted by Gasteiger charge is -2.15. The number of hydrogen-bond acceptors (Lipinski definition) is 5. The first kappa shape index (κ1) is 14.8. The molecule has 0 fully saturated rings. The van der Waals surface area contributed by atoms with E-state index in [0.717, 1.165) is 0 Å². The van der Waals surface area contributed by atoms with E-state index in [9.17, 15) is 16.8 Å². The molecular weight excluding hydrogens is 248 g/mol. The highest BCUT2D eigenvalue weighted by Gasteiger charge is 2.30. The molecular formula is C6H14O7S2. The molecule has 0 amide bonds. The van der Waals surface area contributed by atoms with Crippen molar-refractivity contribution in [2.24, 2.45) is 0 Å². The van der Waals surface area contributed by atoms with Crippen molar-refractivity contribution in [2.75, 3.05) is 0 Å². The Hall–Kier alpha value is -0.220. The van der Waals surface area contributed by atoms with Gasteiger partial charge in [0.1, 0.15) is 0 Å². The number of hydrogen-bond donors (Lipinski definition) is 3. The zero-order valence-corrected chi connectivity index (χ0v) is 9.70. The lowest BCUT2D eigenvalue weighted by molar-refractivity contribution is 0.218. The zero-order chi connectivity index (χ0) is 12.3. The number of aliphatic hydroxyl groups is 1. The van der Waals surface area contributed by atoms with E-state index in [2.05, 4.69) is 0 Å². The highest BCUT2D eigenvalue weighted by molar-refractivity contribution is 7.87. The predicted octanol–water partition coefficient (Wildman–Crippen LogP) is -0.361. The van der Waals surface area contributed by atoms with Crippen LogP contribution in [0.4, 0.5) is 0 Å². The lowest BCUT2D eigenvalue weighted by Crippen LogP contribution is -2.30. The summed E-state index contributed by atoms with van der Waals surface area (Å²) in [5, 5.41) is 7.54. The molecule has 15 heavy (non-hydrogen) atoms. The van der Waals surface area contributed by atoms with Gasteiger partial charge in [-0.2, -0.15) is 16.8 Å². The zero-order valence-electron chi connectivity index (χ0n) is 8.07. The van der Waals surface area contributed by atoms with E-state index in [-0.39, 0.29) is 6.42 Å². The van der Waals surface area contributed by atoms with Crippen LogP contribution in [0.1, 0.15) is 26.2 Å². The van der Waals surface area contributed by atoms with Gasteiger partial charge in [-0.3, -0.25) is 9.11 Å². The molecule has 9 heteroatoms. The summed E-state index contributed by atoms with van der Waals surface area (Å²) in [6.45, 7) is 1.64. The first-order valence-corrected chi connectivity index (χ1v) is 7.20. The molecule has 0 aliphatic heterocycles. The first-order valence-electron chi connectivity index (χ1n) is 4.19. The summed E-state index contributed by atoms with van der Waals surface area (Å²) in [6.07, 6.45) is -0.348. The molecule has 2 atom stereocenters. The first-order chi connectivity index (χ1) is 6.59. The molecule has 0 saturated heterocycles. The second kappa shape index (κ2) is 5.21. The standard InChI is InChI=1S/C6H14O7S2/c1-2-3-5(14(8,9)10)4-6(7)15(11,12)13/h5-7H,2-4H2,1H3,(H,8,9,10)(H,11,12,13). The molecule has 0 bridgehead atoms. The van der Waals surface area contributed by atoms with Gasteiger partial charge < -0.3 is 5.11 Å². The van der Waals surface area contributed by atoms with Gasteiger partial charge in [-0.25, -0.2) is 0 Å². The topological polar surface area (TPSA) is 129 Å². The van der Waals surface area contributed by atoms with E-state index in [1.54, 1.807) is 6.92 Å². The van der Waals surface area contributed by atoms with Crippen LogP contribution in [0.5, 0.6) is 0 Å². The Bertz CT molecular complexity index is 382. The van der Waals surface area contributed by atoms with Crippen LogP contribution in [0, 0.1) is 0 Å². The van der Waals surface area contributed by atoms with E-state index in [1.807, 2.05) is 0 Å². The van der Waals surface area contributed by atoms with Gasteiger partial charge in [-0.15, -0.1) is 0 Å². The van der Waals surface area contributed by atoms with E-state index in [4.69, 9.17) is 14.2 Å². The maximum atomic E-state index is 10.8. The summed E-state index contributed by atoms with van der Waals surface area (Å²) in [6, 6.07) is 0. The molecule has 0 aromatic carbocycles. The molecule has 0 aliphatic carbocycles. The third-order valence-electron chi connectivity index (χ3n) is 1.84. The van der Waals surface area contributed by atoms with Gasteiger partial charge in [0.2, 0.25) is 0 Å². The van der Waals surface area contributed by atoms with Gasteiger partial charge in [-0.05, 0) is 6.42 Å². The van der Waals surface area contributed by atoms with Crippen molar-refractivity contribution in [2.45, 2.75) is 36.9 Å². The van der Waals surface area contributed by atoms with Crippen molar-refractivity contribution in [3.05, 3.63) is 0 Å². The Balaban J connectivity index is 4.72. The van der Waals surface area contributed by atoms with Gasteiger partial charge in [0, 0.05) is 6.42 Å². The van der Waals surface area contributed by atoms with Crippen molar-refractivity contribution in [3.8, 4) is 0 Å². The van der Waals surface area contributed by atoms with Crippen LogP contribution in [-0.4, -0.2) is 41.7 Å². The smallest absolute Gasteiger partial charge is 0.292 e. The van der Waals surface area contributed by atoms with E-state index >= 15 is 0 Å². The minimum Gasteiger partial charge on any atom is -0.375 e. The maximum absolute atomic E-state index is 10.8. The van der Waals surface area contributed by atoms with Crippen molar-refractivity contribution in [1.82, 2.24) is 0 Å². The molecule has 0 aliphatic rings. The third kappa shape index (κ3) is 5.42. The molecule has 0 spiro atoms. The van der Waals surface area contributed by atoms with Crippen LogP contribution in [-0.2, 0) is 20.2 Å². The maximum Gasteiger partial charge on any atom is 0.292 e. The summed E-state index contributed by atoms with van der Waals surface area (Å²) >= 11 is 0. The van der Waals surface area contributed by atoms with Gasteiger partial charge >= 0.3 is 0 Å². The van der Waals surface area contributed by atoms with Gasteiger partial charge in [0.15, 0.2) is 5.44 Å². The molecule has 0 aromatic rings. The Morgan fingerprint density at radius 2 is 1.53 bits per heavy atom. The van der Waals surface area contributed by atoms with Crippen LogP contribution >= 0.6 is 0 Å². The molecule has 2 unspecified atom stereocenters. The van der Waals surface area contributed by atoms with E-state index in [0.29, 0.717) is 6.42 Å². The summed E-state index contributed by atoms with van der Waals surface area (Å²) in [4.78, 5) is 0. The summed E-state index contributed by atoms with van der Waals surface area (Å²) in [7, 11) is -9.11. The normalized spacial score (nSPS) is 17.3. The largest absolute Gasteiger partial charge is 0.375 e. The van der Waals surface area contributed by atoms with Crippen molar-refractivity contribution < 1.29 is 31.0 Å². The number of aliphatic hydroxyl groups excluding tert-OH is 1. The molecule has 0 radical (unpaired) electrons. The summed E-state index contributed by atoms with van der Waals surface area (Å²) in [5.41, 5.74) is -2.20. The molecule has 92 valence electrons. The highest BCUT2D eigenvalue weighted by atomic mass is 32.2. The summed E-state index contributed by atoms with van der Waals surface area (Å²) < 4.78 is 59.5. The minimum absolute atomic E-state index is 0.00537. The Kier molecular flexibility index (Phi) is 5.14. The van der Waals surface area contributed by atoms with Gasteiger partial charge in [0.25, 0.3) is 20.2 Å². The SMILES string of the molecule is CCCC(CC(O)S(=O)(=O)O)S(=O)(=O)O. The van der Waals surface area contributed by atoms with Crippen molar-refractivity contribution in [3.63, 3.8) is 0 Å². The Morgan fingerprint density at radius 1 is 1.07 bits per heavy atom.